The van der Waals surface area contributed by atoms with Crippen molar-refractivity contribution in [2.24, 2.45) is 0 Å². The molecule has 0 amide bonds. The van der Waals surface area contributed by atoms with E-state index in [1.807, 2.05) is 0 Å². The Bertz CT molecular complexity index is 668. The first-order valence-electron chi connectivity index (χ1n) is 5.36. The Kier molecular flexibility index (Phi) is 3.62. The molecule has 0 aliphatic rings. The molecule has 0 aliphatic carbocycles. The van der Waals surface area contributed by atoms with E-state index in [1.165, 1.54) is 25.1 Å². The molecule has 0 unspecified atom stereocenters. The Balaban J connectivity index is 2.63. The SMILES string of the molecule is Cc1ccc(F)c(C(=O)c2cccc(F)c2Cl)c1F. The van der Waals surface area contributed by atoms with E-state index >= 15 is 0 Å². The van der Waals surface area contributed by atoms with Crippen molar-refractivity contribution in [1.82, 2.24) is 0 Å². The number of carbonyl (C=O) groups excluding carboxylic acids is 1. The fraction of sp³-hybridized carbons (Fsp3) is 0.0714. The van der Waals surface area contributed by atoms with Crippen LogP contribution in [-0.4, -0.2) is 5.78 Å². The van der Waals surface area contributed by atoms with Gasteiger partial charge in [0.1, 0.15) is 17.5 Å². The Labute approximate surface area is 112 Å². The second kappa shape index (κ2) is 5.05. The predicted octanol–water partition coefficient (Wildman–Crippen LogP) is 4.30. The largest absolute Gasteiger partial charge is 0.288 e. The van der Waals surface area contributed by atoms with Gasteiger partial charge in [0.2, 0.25) is 5.78 Å². The number of hydrogen-bond donors (Lipinski definition) is 0. The highest BCUT2D eigenvalue weighted by molar-refractivity contribution is 6.35. The van der Waals surface area contributed by atoms with Crippen LogP contribution >= 0.6 is 11.6 Å². The number of hydrogen-bond acceptors (Lipinski definition) is 1. The van der Waals surface area contributed by atoms with E-state index < -0.39 is 33.8 Å². The van der Waals surface area contributed by atoms with Crippen molar-refractivity contribution < 1.29 is 18.0 Å². The van der Waals surface area contributed by atoms with Crippen LogP contribution in [0.3, 0.4) is 0 Å². The van der Waals surface area contributed by atoms with E-state index in [4.69, 9.17) is 11.6 Å². The molecule has 0 aromatic heterocycles. The molecule has 0 spiro atoms. The van der Waals surface area contributed by atoms with Gasteiger partial charge in [0.25, 0.3) is 0 Å². The number of halogens is 4. The van der Waals surface area contributed by atoms with Gasteiger partial charge in [0.15, 0.2) is 0 Å². The van der Waals surface area contributed by atoms with E-state index in [0.717, 1.165) is 12.1 Å². The molecule has 98 valence electrons. The minimum atomic E-state index is -1.01. The zero-order chi connectivity index (χ0) is 14.2. The van der Waals surface area contributed by atoms with Crippen molar-refractivity contribution in [2.75, 3.05) is 0 Å². The van der Waals surface area contributed by atoms with Crippen molar-refractivity contribution in [3.63, 3.8) is 0 Å². The Hall–Kier alpha value is -1.81. The fourth-order valence-corrected chi connectivity index (χ4v) is 1.89. The van der Waals surface area contributed by atoms with E-state index in [-0.39, 0.29) is 11.1 Å². The smallest absolute Gasteiger partial charge is 0.200 e. The lowest BCUT2D eigenvalue weighted by molar-refractivity contribution is 0.103. The molecular formula is C14H8ClF3O. The van der Waals surface area contributed by atoms with Crippen molar-refractivity contribution in [1.29, 1.82) is 0 Å². The number of carbonyl (C=O) groups is 1. The van der Waals surface area contributed by atoms with Crippen LogP contribution in [0.25, 0.3) is 0 Å². The minimum Gasteiger partial charge on any atom is -0.288 e. The second-order valence-electron chi connectivity index (χ2n) is 3.98. The summed E-state index contributed by atoms with van der Waals surface area (Å²) in [4.78, 5) is 12.1. The Morgan fingerprint density at radius 3 is 2.42 bits per heavy atom. The maximum Gasteiger partial charge on any atom is 0.200 e. The van der Waals surface area contributed by atoms with Crippen LogP contribution in [0.2, 0.25) is 5.02 Å². The summed E-state index contributed by atoms with van der Waals surface area (Å²) in [6.45, 7) is 1.40. The second-order valence-corrected chi connectivity index (χ2v) is 4.36. The molecule has 0 atom stereocenters. The molecule has 0 N–H and O–H groups in total. The first kappa shape index (κ1) is 13.6. The lowest BCUT2D eigenvalue weighted by Crippen LogP contribution is -2.10. The average molecular weight is 285 g/mol. The standard InChI is InChI=1S/C14H8ClF3O/c1-7-5-6-9(16)11(13(7)18)14(19)8-3-2-4-10(17)12(8)15/h2-6H,1H3. The molecule has 19 heavy (non-hydrogen) atoms. The number of rotatable bonds is 2. The highest BCUT2D eigenvalue weighted by Crippen LogP contribution is 2.25. The third-order valence-corrected chi connectivity index (χ3v) is 3.09. The molecule has 1 nitrogen and oxygen atoms in total. The van der Waals surface area contributed by atoms with Crippen molar-refractivity contribution in [3.8, 4) is 0 Å². The van der Waals surface area contributed by atoms with Gasteiger partial charge in [-0.15, -0.1) is 0 Å². The molecular weight excluding hydrogens is 277 g/mol. The van der Waals surface area contributed by atoms with Gasteiger partial charge in [-0.3, -0.25) is 4.79 Å². The zero-order valence-corrected chi connectivity index (χ0v) is 10.6. The summed E-state index contributed by atoms with van der Waals surface area (Å²) in [5.74, 6) is -3.78. The lowest BCUT2D eigenvalue weighted by atomic mass is 10.00. The molecule has 0 heterocycles. The van der Waals surface area contributed by atoms with Gasteiger partial charge in [0.05, 0.1) is 10.6 Å². The summed E-state index contributed by atoms with van der Waals surface area (Å²) in [5.41, 5.74) is -0.880. The molecule has 2 rings (SSSR count). The fourth-order valence-electron chi connectivity index (χ4n) is 1.68. The van der Waals surface area contributed by atoms with E-state index in [1.54, 1.807) is 0 Å². The van der Waals surface area contributed by atoms with Gasteiger partial charge in [-0.2, -0.15) is 0 Å². The Morgan fingerprint density at radius 1 is 1.05 bits per heavy atom. The van der Waals surface area contributed by atoms with Crippen LogP contribution in [0.5, 0.6) is 0 Å². The zero-order valence-electron chi connectivity index (χ0n) is 9.81. The van der Waals surface area contributed by atoms with Crippen LogP contribution in [0, 0.1) is 24.4 Å². The average Bonchev–Trinajstić information content (AvgIpc) is 2.37. The van der Waals surface area contributed by atoms with E-state index in [2.05, 4.69) is 0 Å². The lowest BCUT2D eigenvalue weighted by Gasteiger charge is -2.08. The van der Waals surface area contributed by atoms with Gasteiger partial charge in [-0.1, -0.05) is 23.7 Å². The molecule has 0 radical (unpaired) electrons. The molecule has 2 aromatic carbocycles. The Morgan fingerprint density at radius 2 is 1.74 bits per heavy atom. The molecule has 0 bridgehead atoms. The number of aryl methyl sites for hydroxylation is 1. The number of benzene rings is 2. The topological polar surface area (TPSA) is 17.1 Å². The third kappa shape index (κ3) is 2.36. The maximum absolute atomic E-state index is 13.8. The first-order chi connectivity index (χ1) is 8.93. The van der Waals surface area contributed by atoms with Gasteiger partial charge < -0.3 is 0 Å². The molecule has 5 heteroatoms. The minimum absolute atomic E-state index is 0.122. The van der Waals surface area contributed by atoms with Gasteiger partial charge in [-0.25, -0.2) is 13.2 Å². The summed E-state index contributed by atoms with van der Waals surface area (Å²) >= 11 is 5.64. The quantitative estimate of drug-likeness (QED) is 0.752. The molecule has 2 aromatic rings. The summed E-state index contributed by atoms with van der Waals surface area (Å²) < 4.78 is 40.7. The highest BCUT2D eigenvalue weighted by Gasteiger charge is 2.23. The third-order valence-electron chi connectivity index (χ3n) is 2.71. The van der Waals surface area contributed by atoms with Gasteiger partial charge >= 0.3 is 0 Å². The van der Waals surface area contributed by atoms with Crippen LogP contribution in [-0.2, 0) is 0 Å². The van der Waals surface area contributed by atoms with Crippen molar-refractivity contribution >= 4 is 17.4 Å². The predicted molar refractivity (Wildman–Crippen MR) is 65.9 cm³/mol. The molecule has 0 saturated heterocycles. The normalized spacial score (nSPS) is 10.6. The first-order valence-corrected chi connectivity index (χ1v) is 5.74. The van der Waals surface area contributed by atoms with E-state index in [0.29, 0.717) is 0 Å². The summed E-state index contributed by atoms with van der Waals surface area (Å²) in [5, 5.41) is -0.451. The van der Waals surface area contributed by atoms with E-state index in [9.17, 15) is 18.0 Å². The van der Waals surface area contributed by atoms with Crippen LogP contribution in [0.1, 0.15) is 21.5 Å². The van der Waals surface area contributed by atoms with Crippen molar-refractivity contribution in [2.45, 2.75) is 6.92 Å². The van der Waals surface area contributed by atoms with Crippen LogP contribution < -0.4 is 0 Å². The van der Waals surface area contributed by atoms with Crippen LogP contribution in [0.15, 0.2) is 30.3 Å². The van der Waals surface area contributed by atoms with Gasteiger partial charge in [0, 0.05) is 5.56 Å². The molecule has 0 fully saturated rings. The van der Waals surface area contributed by atoms with Gasteiger partial charge in [-0.05, 0) is 30.7 Å². The van der Waals surface area contributed by atoms with Crippen molar-refractivity contribution in [3.05, 3.63) is 69.5 Å². The maximum atomic E-state index is 13.8. The highest BCUT2D eigenvalue weighted by atomic mass is 35.5. The molecule has 0 saturated carbocycles. The summed E-state index contributed by atoms with van der Waals surface area (Å²) in [6.07, 6.45) is 0. The summed E-state index contributed by atoms with van der Waals surface area (Å²) in [7, 11) is 0. The van der Waals surface area contributed by atoms with Crippen LogP contribution in [0.4, 0.5) is 13.2 Å². The number of ketones is 1. The molecule has 0 aliphatic heterocycles. The monoisotopic (exact) mass is 284 g/mol. The summed E-state index contributed by atoms with van der Waals surface area (Å²) in [6, 6.07) is 5.73.